The van der Waals surface area contributed by atoms with E-state index in [0.29, 0.717) is 23.5 Å². The molecule has 4 rings (SSSR count). The third-order valence-corrected chi connectivity index (χ3v) is 8.82. The summed E-state index contributed by atoms with van der Waals surface area (Å²) in [6.45, 7) is 10.9. The Hall–Kier alpha value is -2.70. The Morgan fingerprint density at radius 3 is 2.78 bits per heavy atom. The fourth-order valence-corrected chi connectivity index (χ4v) is 6.84. The Kier molecular flexibility index (Phi) is 8.47. The molecule has 0 aromatic carbocycles. The number of aromatic nitrogens is 2. The van der Waals surface area contributed by atoms with E-state index in [-0.39, 0.29) is 17.9 Å². The SMILES string of the molecule is CCC(CC1CCCN1CCC(NC(C)=O)c1ccc(C#N)s1)n1c(C)nc2c1CCN(C(C)=O)C2. The van der Waals surface area contributed by atoms with Gasteiger partial charge in [0.1, 0.15) is 16.8 Å². The molecule has 8 nitrogen and oxygen atoms in total. The Bertz CT molecular complexity index is 1130. The van der Waals surface area contributed by atoms with E-state index in [2.05, 4.69) is 34.7 Å². The first-order valence-electron chi connectivity index (χ1n) is 13.1. The van der Waals surface area contributed by atoms with Gasteiger partial charge < -0.3 is 19.7 Å². The van der Waals surface area contributed by atoms with Gasteiger partial charge in [0, 0.05) is 56.0 Å². The van der Waals surface area contributed by atoms with Crippen LogP contribution in [0, 0.1) is 18.3 Å². The molecule has 3 unspecified atom stereocenters. The molecule has 0 radical (unpaired) electrons. The number of carbonyl (C=O) groups is 2. The third-order valence-electron chi connectivity index (χ3n) is 7.72. The summed E-state index contributed by atoms with van der Waals surface area (Å²) in [5.74, 6) is 1.13. The molecule has 1 N–H and O–H groups in total. The molecule has 9 heteroatoms. The van der Waals surface area contributed by atoms with Gasteiger partial charge in [-0.1, -0.05) is 6.92 Å². The number of nitriles is 1. The lowest BCUT2D eigenvalue weighted by Gasteiger charge is -2.32. The average molecular weight is 511 g/mol. The molecule has 2 aromatic heterocycles. The van der Waals surface area contributed by atoms with Crippen molar-refractivity contribution in [1.82, 2.24) is 24.7 Å². The number of nitrogens with one attached hydrogen (secondary N) is 1. The lowest BCUT2D eigenvalue weighted by molar-refractivity contribution is -0.129. The van der Waals surface area contributed by atoms with Crippen LogP contribution < -0.4 is 5.32 Å². The van der Waals surface area contributed by atoms with E-state index in [1.165, 1.54) is 29.9 Å². The number of fused-ring (bicyclic) bond motifs is 1. The van der Waals surface area contributed by atoms with Crippen LogP contribution in [0.3, 0.4) is 0 Å². The van der Waals surface area contributed by atoms with Crippen molar-refractivity contribution in [3.05, 3.63) is 39.1 Å². The first-order valence-corrected chi connectivity index (χ1v) is 13.9. The second kappa shape index (κ2) is 11.6. The van der Waals surface area contributed by atoms with Gasteiger partial charge in [-0.25, -0.2) is 4.98 Å². The molecule has 36 heavy (non-hydrogen) atoms. The van der Waals surface area contributed by atoms with Crippen molar-refractivity contribution in [3.8, 4) is 6.07 Å². The van der Waals surface area contributed by atoms with Crippen LogP contribution in [0.25, 0.3) is 0 Å². The number of imidazole rings is 1. The fraction of sp³-hybridized carbons (Fsp3) is 0.630. The smallest absolute Gasteiger partial charge is 0.219 e. The second-order valence-electron chi connectivity index (χ2n) is 10.1. The van der Waals surface area contributed by atoms with Crippen LogP contribution in [-0.2, 0) is 22.6 Å². The van der Waals surface area contributed by atoms with E-state index in [9.17, 15) is 14.9 Å². The zero-order valence-electron chi connectivity index (χ0n) is 21.9. The second-order valence-corrected chi connectivity index (χ2v) is 11.2. The normalized spacial score (nSPS) is 19.5. The third kappa shape index (κ3) is 5.81. The summed E-state index contributed by atoms with van der Waals surface area (Å²) in [6, 6.07) is 6.83. The van der Waals surface area contributed by atoms with E-state index < -0.39 is 0 Å². The summed E-state index contributed by atoms with van der Waals surface area (Å²) in [4.78, 5) is 34.8. The molecular formula is C27H38N6O2S. The topological polar surface area (TPSA) is 94.3 Å². The molecule has 1 saturated heterocycles. The van der Waals surface area contributed by atoms with Gasteiger partial charge in [0.25, 0.3) is 0 Å². The van der Waals surface area contributed by atoms with Gasteiger partial charge in [0.05, 0.1) is 18.3 Å². The maximum atomic E-state index is 11.9. The van der Waals surface area contributed by atoms with E-state index in [0.717, 1.165) is 61.7 Å². The summed E-state index contributed by atoms with van der Waals surface area (Å²) >= 11 is 1.47. The van der Waals surface area contributed by atoms with Crippen LogP contribution in [0.5, 0.6) is 0 Å². The molecule has 0 spiro atoms. The van der Waals surface area contributed by atoms with Crippen LogP contribution in [0.15, 0.2) is 12.1 Å². The molecule has 194 valence electrons. The molecule has 2 aliphatic heterocycles. The summed E-state index contributed by atoms with van der Waals surface area (Å²) < 4.78 is 2.46. The van der Waals surface area contributed by atoms with Crippen LogP contribution in [0.1, 0.15) is 91.9 Å². The quantitative estimate of drug-likeness (QED) is 0.548. The standard InChI is InChI=1S/C27H38N6O2S/c1-5-21(33-18(2)29-25-17-32(20(4)35)14-11-26(25)33)15-22-7-6-12-31(22)13-10-24(30-19(3)34)27-9-8-23(16-28)36-27/h8-9,21-22,24H,5-7,10-15,17H2,1-4H3,(H,30,34). The van der Waals surface area contributed by atoms with Crippen molar-refractivity contribution in [2.75, 3.05) is 19.6 Å². The van der Waals surface area contributed by atoms with E-state index in [4.69, 9.17) is 4.98 Å². The van der Waals surface area contributed by atoms with Gasteiger partial charge in [-0.2, -0.15) is 5.26 Å². The summed E-state index contributed by atoms with van der Waals surface area (Å²) in [5.41, 5.74) is 2.36. The van der Waals surface area contributed by atoms with Gasteiger partial charge in [0.2, 0.25) is 11.8 Å². The Morgan fingerprint density at radius 2 is 2.11 bits per heavy atom. The zero-order valence-corrected chi connectivity index (χ0v) is 22.7. The van der Waals surface area contributed by atoms with E-state index in [1.807, 2.05) is 17.0 Å². The molecule has 2 amide bonds. The van der Waals surface area contributed by atoms with E-state index in [1.54, 1.807) is 13.8 Å². The zero-order chi connectivity index (χ0) is 25.8. The predicted molar refractivity (Wildman–Crippen MR) is 141 cm³/mol. The number of likely N-dealkylation sites (tertiary alicyclic amines) is 1. The van der Waals surface area contributed by atoms with Gasteiger partial charge in [-0.3, -0.25) is 9.59 Å². The first-order chi connectivity index (χ1) is 17.3. The van der Waals surface area contributed by atoms with Crippen molar-refractivity contribution in [2.45, 2.75) is 90.9 Å². The highest BCUT2D eigenvalue weighted by Crippen LogP contribution is 2.33. The van der Waals surface area contributed by atoms with Crippen molar-refractivity contribution in [1.29, 1.82) is 5.26 Å². The average Bonchev–Trinajstić information content (AvgIpc) is 3.57. The van der Waals surface area contributed by atoms with Crippen LogP contribution in [0.2, 0.25) is 0 Å². The molecule has 2 aliphatic rings. The number of aryl methyl sites for hydroxylation is 1. The number of carbonyl (C=O) groups excluding carboxylic acids is 2. The molecule has 4 heterocycles. The molecule has 0 saturated carbocycles. The number of hydrogen-bond acceptors (Lipinski definition) is 6. The number of rotatable bonds is 9. The van der Waals surface area contributed by atoms with Gasteiger partial charge in [-0.05, 0) is 57.7 Å². The molecule has 1 fully saturated rings. The van der Waals surface area contributed by atoms with Gasteiger partial charge in [0.15, 0.2) is 0 Å². The van der Waals surface area contributed by atoms with Crippen LogP contribution in [-0.4, -0.2) is 56.8 Å². The highest BCUT2D eigenvalue weighted by Gasteiger charge is 2.31. The molecular weight excluding hydrogens is 472 g/mol. The highest BCUT2D eigenvalue weighted by atomic mass is 32.1. The molecule has 0 bridgehead atoms. The van der Waals surface area contributed by atoms with Crippen molar-refractivity contribution in [2.24, 2.45) is 0 Å². The predicted octanol–water partition coefficient (Wildman–Crippen LogP) is 4.10. The number of amides is 2. The van der Waals surface area contributed by atoms with Gasteiger partial charge >= 0.3 is 0 Å². The number of nitrogens with zero attached hydrogens (tertiary/aromatic N) is 5. The minimum atomic E-state index is -0.0649. The van der Waals surface area contributed by atoms with Crippen molar-refractivity contribution in [3.63, 3.8) is 0 Å². The molecule has 2 aromatic rings. The summed E-state index contributed by atoms with van der Waals surface area (Å²) in [7, 11) is 0. The summed E-state index contributed by atoms with van der Waals surface area (Å²) in [6.07, 6.45) is 6.21. The minimum Gasteiger partial charge on any atom is -0.349 e. The van der Waals surface area contributed by atoms with E-state index >= 15 is 0 Å². The van der Waals surface area contributed by atoms with Crippen molar-refractivity contribution >= 4 is 23.2 Å². The monoisotopic (exact) mass is 510 g/mol. The summed E-state index contributed by atoms with van der Waals surface area (Å²) in [5, 5.41) is 12.3. The fourth-order valence-electron chi connectivity index (χ4n) is 5.94. The van der Waals surface area contributed by atoms with Crippen LogP contribution >= 0.6 is 11.3 Å². The Labute approximate surface area is 218 Å². The Balaban J connectivity index is 1.44. The maximum absolute atomic E-state index is 11.9. The largest absolute Gasteiger partial charge is 0.349 e. The lowest BCUT2D eigenvalue weighted by atomic mass is 10.0. The minimum absolute atomic E-state index is 0.0420. The molecule has 3 atom stereocenters. The highest BCUT2D eigenvalue weighted by molar-refractivity contribution is 7.12. The Morgan fingerprint density at radius 1 is 1.31 bits per heavy atom. The lowest BCUT2D eigenvalue weighted by Crippen LogP contribution is -2.37. The maximum Gasteiger partial charge on any atom is 0.219 e. The number of hydrogen-bond donors (Lipinski definition) is 1. The van der Waals surface area contributed by atoms with Gasteiger partial charge in [-0.15, -0.1) is 11.3 Å². The van der Waals surface area contributed by atoms with Crippen molar-refractivity contribution < 1.29 is 9.59 Å². The van der Waals surface area contributed by atoms with Crippen LogP contribution in [0.4, 0.5) is 0 Å². The molecule has 0 aliphatic carbocycles. The number of thiophene rings is 1. The first kappa shape index (κ1) is 26.4.